The van der Waals surface area contributed by atoms with Gasteiger partial charge in [-0.25, -0.2) is 15.0 Å². The number of anilines is 1. The fourth-order valence-electron chi connectivity index (χ4n) is 5.52. The predicted octanol–water partition coefficient (Wildman–Crippen LogP) is 5.77. The lowest BCUT2D eigenvalue weighted by Gasteiger charge is -2.32. The quantitative estimate of drug-likeness (QED) is 0.233. The number of rotatable bonds is 7. The van der Waals surface area contributed by atoms with Crippen LogP contribution in [-0.4, -0.2) is 45.7 Å². The van der Waals surface area contributed by atoms with Gasteiger partial charge in [-0.1, -0.05) is 42.5 Å². The molecule has 2 aromatic carbocycles. The monoisotopic (exact) mass is 576 g/mol. The molecule has 0 radical (unpaired) electrons. The van der Waals surface area contributed by atoms with E-state index in [2.05, 4.69) is 68.0 Å². The van der Waals surface area contributed by atoms with Crippen LogP contribution in [0.5, 0.6) is 0 Å². The predicted molar refractivity (Wildman–Crippen MR) is 165 cm³/mol. The maximum Gasteiger partial charge on any atom is 0.290 e. The molecular formula is C32H28N6O3S. The molecule has 9 nitrogen and oxygen atoms in total. The number of furan rings is 1. The van der Waals surface area contributed by atoms with Crippen molar-refractivity contribution in [3.05, 3.63) is 89.2 Å². The van der Waals surface area contributed by atoms with Gasteiger partial charge in [0.15, 0.2) is 5.76 Å². The number of piperidine rings is 1. The van der Waals surface area contributed by atoms with Crippen molar-refractivity contribution in [1.82, 2.24) is 25.6 Å². The van der Waals surface area contributed by atoms with Crippen LogP contribution in [0.1, 0.15) is 24.2 Å². The highest BCUT2D eigenvalue weighted by molar-refractivity contribution is 8.18. The van der Waals surface area contributed by atoms with Crippen molar-refractivity contribution >= 4 is 56.7 Å². The molecule has 0 atom stereocenters. The zero-order valence-corrected chi connectivity index (χ0v) is 23.6. The van der Waals surface area contributed by atoms with Crippen molar-refractivity contribution in [2.45, 2.75) is 19.4 Å². The van der Waals surface area contributed by atoms with Crippen molar-refractivity contribution < 1.29 is 14.0 Å². The second kappa shape index (κ2) is 11.4. The number of hydrogen-bond donors (Lipinski definition) is 2. The van der Waals surface area contributed by atoms with Crippen LogP contribution in [0.15, 0.2) is 82.2 Å². The van der Waals surface area contributed by atoms with Gasteiger partial charge in [0.2, 0.25) is 5.95 Å². The first-order chi connectivity index (χ1) is 20.6. The number of aromatic nitrogens is 3. The van der Waals surface area contributed by atoms with E-state index in [0.29, 0.717) is 29.0 Å². The lowest BCUT2D eigenvalue weighted by Crippen LogP contribution is -2.38. The molecule has 210 valence electrons. The Hall–Kier alpha value is -4.54. The normalized spacial score (nSPS) is 17.0. The molecule has 5 heterocycles. The van der Waals surface area contributed by atoms with Crippen LogP contribution in [0.4, 0.5) is 10.7 Å². The summed E-state index contributed by atoms with van der Waals surface area (Å²) in [6.07, 6.45) is 5.36. The average Bonchev–Trinajstić information content (AvgIpc) is 3.59. The number of fused-ring (bicyclic) bond motifs is 2. The Morgan fingerprint density at radius 1 is 1.00 bits per heavy atom. The highest BCUT2D eigenvalue weighted by Gasteiger charge is 2.26. The number of nitrogens with one attached hydrogen (secondary N) is 2. The van der Waals surface area contributed by atoms with Crippen LogP contribution in [0.2, 0.25) is 0 Å². The first-order valence-corrected chi connectivity index (χ1v) is 14.8. The van der Waals surface area contributed by atoms with Gasteiger partial charge in [-0.2, -0.15) is 0 Å². The van der Waals surface area contributed by atoms with E-state index in [1.54, 1.807) is 18.3 Å². The van der Waals surface area contributed by atoms with E-state index in [1.165, 1.54) is 0 Å². The number of thioether (sulfide) groups is 1. The van der Waals surface area contributed by atoms with E-state index in [-0.39, 0.29) is 11.1 Å². The molecule has 7 rings (SSSR count). The van der Waals surface area contributed by atoms with Crippen LogP contribution >= 0.6 is 11.8 Å². The average molecular weight is 577 g/mol. The minimum atomic E-state index is -0.386. The number of amides is 2. The van der Waals surface area contributed by atoms with Crippen LogP contribution < -0.4 is 15.5 Å². The van der Waals surface area contributed by atoms with E-state index in [4.69, 9.17) is 9.40 Å². The van der Waals surface area contributed by atoms with Gasteiger partial charge in [-0.05, 0) is 72.8 Å². The SMILES string of the molecule is O=C1NC(=O)C(=Cc2ccnc(N3CCC(CNCc4nc(-c5cc6ccccc6o5)cc5ccccc45)CC3)n2)S1. The highest BCUT2D eigenvalue weighted by Crippen LogP contribution is 2.30. The molecule has 2 N–H and O–H groups in total. The van der Waals surface area contributed by atoms with Gasteiger partial charge in [0.05, 0.1) is 16.3 Å². The Balaban J connectivity index is 0.990. The van der Waals surface area contributed by atoms with E-state index in [1.807, 2.05) is 18.2 Å². The molecule has 2 aliphatic rings. The van der Waals surface area contributed by atoms with Crippen LogP contribution in [0.3, 0.4) is 0 Å². The lowest BCUT2D eigenvalue weighted by molar-refractivity contribution is -0.115. The molecular weight excluding hydrogens is 548 g/mol. The standard InChI is InChI=1S/C32H28N6O3S/c39-30-29(42-32(40)37-30)17-23-9-12-34-31(35-23)38-13-10-20(11-14-38)18-33-19-26-24-7-3-1-5-21(24)15-25(36-26)28-16-22-6-2-4-8-27(22)41-28/h1-9,12,15-17,20,33H,10-11,13-14,18-19H2,(H,37,39,40). The van der Waals surface area contributed by atoms with Gasteiger partial charge in [0, 0.05) is 36.6 Å². The number of hydrogen-bond acceptors (Lipinski definition) is 9. The summed E-state index contributed by atoms with van der Waals surface area (Å²) in [7, 11) is 0. The summed E-state index contributed by atoms with van der Waals surface area (Å²) in [6, 6.07) is 22.3. The van der Waals surface area contributed by atoms with Crippen molar-refractivity contribution in [1.29, 1.82) is 0 Å². The summed E-state index contributed by atoms with van der Waals surface area (Å²) >= 11 is 0.888. The summed E-state index contributed by atoms with van der Waals surface area (Å²) in [6.45, 7) is 3.26. The van der Waals surface area contributed by atoms with Gasteiger partial charge in [-0.15, -0.1) is 0 Å². The zero-order valence-electron chi connectivity index (χ0n) is 22.7. The fourth-order valence-corrected chi connectivity index (χ4v) is 6.19. The molecule has 2 aliphatic heterocycles. The third-order valence-electron chi connectivity index (χ3n) is 7.71. The molecule has 5 aromatic rings. The first-order valence-electron chi connectivity index (χ1n) is 14.0. The maximum atomic E-state index is 11.9. The minimum absolute atomic E-state index is 0.347. The summed E-state index contributed by atoms with van der Waals surface area (Å²) in [5.74, 6) is 1.56. The Morgan fingerprint density at radius 2 is 1.81 bits per heavy atom. The number of para-hydroxylation sites is 1. The number of imide groups is 1. The van der Waals surface area contributed by atoms with Crippen LogP contribution in [0.25, 0.3) is 39.3 Å². The number of pyridine rings is 1. The summed E-state index contributed by atoms with van der Waals surface area (Å²) < 4.78 is 6.12. The Bertz CT molecular complexity index is 1810. The van der Waals surface area contributed by atoms with E-state index in [0.717, 1.165) is 83.1 Å². The number of benzene rings is 2. The molecule has 0 spiro atoms. The van der Waals surface area contributed by atoms with E-state index >= 15 is 0 Å². The number of carbonyl (C=O) groups excluding carboxylic acids is 2. The topological polar surface area (TPSA) is 113 Å². The van der Waals surface area contributed by atoms with Crippen LogP contribution in [-0.2, 0) is 11.3 Å². The van der Waals surface area contributed by atoms with Gasteiger partial charge >= 0.3 is 0 Å². The highest BCUT2D eigenvalue weighted by atomic mass is 32.2. The zero-order chi connectivity index (χ0) is 28.5. The molecule has 3 aromatic heterocycles. The van der Waals surface area contributed by atoms with E-state index < -0.39 is 0 Å². The van der Waals surface area contributed by atoms with Gasteiger partial charge in [0.1, 0.15) is 11.3 Å². The van der Waals surface area contributed by atoms with Crippen molar-refractivity contribution in [3.8, 4) is 11.5 Å². The second-order valence-corrected chi connectivity index (χ2v) is 11.5. The lowest BCUT2D eigenvalue weighted by atomic mass is 9.97. The fraction of sp³-hybridized carbons (Fsp3) is 0.219. The molecule has 10 heteroatoms. The second-order valence-electron chi connectivity index (χ2n) is 10.5. The molecule has 42 heavy (non-hydrogen) atoms. The molecule has 2 fully saturated rings. The van der Waals surface area contributed by atoms with Gasteiger partial charge in [-0.3, -0.25) is 14.9 Å². The Kier molecular flexibility index (Phi) is 7.15. The van der Waals surface area contributed by atoms with Gasteiger partial charge < -0.3 is 14.6 Å². The van der Waals surface area contributed by atoms with Gasteiger partial charge in [0.25, 0.3) is 11.1 Å². The number of carbonyl (C=O) groups is 2. The summed E-state index contributed by atoms with van der Waals surface area (Å²) in [5, 5.41) is 8.93. The molecule has 0 bridgehead atoms. The summed E-state index contributed by atoms with van der Waals surface area (Å²) in [5.41, 5.74) is 3.32. The summed E-state index contributed by atoms with van der Waals surface area (Å²) in [4.78, 5) is 40.0. The largest absolute Gasteiger partial charge is 0.454 e. The van der Waals surface area contributed by atoms with Crippen LogP contribution in [0, 0.1) is 5.92 Å². The maximum absolute atomic E-state index is 11.9. The molecule has 0 saturated carbocycles. The molecule has 0 unspecified atom stereocenters. The third kappa shape index (κ3) is 5.50. The van der Waals surface area contributed by atoms with Crippen molar-refractivity contribution in [2.24, 2.45) is 5.92 Å². The van der Waals surface area contributed by atoms with E-state index in [9.17, 15) is 9.59 Å². The number of nitrogens with zero attached hydrogens (tertiary/aromatic N) is 4. The van der Waals surface area contributed by atoms with Crippen molar-refractivity contribution in [3.63, 3.8) is 0 Å². The third-order valence-corrected chi connectivity index (χ3v) is 8.52. The Labute approximate surface area is 246 Å². The molecule has 2 saturated heterocycles. The molecule has 0 aliphatic carbocycles. The first kappa shape index (κ1) is 26.4. The smallest absolute Gasteiger partial charge is 0.290 e. The van der Waals surface area contributed by atoms with Crippen molar-refractivity contribution in [2.75, 3.05) is 24.5 Å². The minimum Gasteiger partial charge on any atom is -0.454 e. The molecule has 2 amide bonds. The Morgan fingerprint density at radius 3 is 2.62 bits per heavy atom.